The van der Waals surface area contributed by atoms with E-state index in [9.17, 15) is 9.59 Å². The van der Waals surface area contributed by atoms with E-state index in [0.29, 0.717) is 5.69 Å². The Hall–Kier alpha value is -2.01. The Morgan fingerprint density at radius 3 is 2.65 bits per heavy atom. The molecule has 0 N–H and O–H groups in total. The van der Waals surface area contributed by atoms with Gasteiger partial charge >= 0.3 is 5.97 Å². The fourth-order valence-corrected chi connectivity index (χ4v) is 2.57. The number of benzene rings is 1. The normalized spacial score (nSPS) is 11.8. The number of esters is 1. The molecule has 1 aromatic carbocycles. The van der Waals surface area contributed by atoms with Crippen LogP contribution in [0.1, 0.15) is 26.5 Å². The van der Waals surface area contributed by atoms with Gasteiger partial charge in [-0.15, -0.1) is 0 Å². The van der Waals surface area contributed by atoms with Crippen molar-refractivity contribution in [3.05, 3.63) is 46.1 Å². The lowest BCUT2D eigenvalue weighted by Gasteiger charge is -2.09. The Balaban J connectivity index is 2.51. The number of pyridine rings is 1. The van der Waals surface area contributed by atoms with Gasteiger partial charge < -0.3 is 4.74 Å². The van der Waals surface area contributed by atoms with Gasteiger partial charge in [0.25, 0.3) is 0 Å². The summed E-state index contributed by atoms with van der Waals surface area (Å²) in [6.45, 7) is 5.43. The molecule has 0 saturated heterocycles. The van der Waals surface area contributed by atoms with E-state index in [0.717, 1.165) is 15.4 Å². The molecule has 2 aromatic rings. The molecule has 0 aliphatic rings. The van der Waals surface area contributed by atoms with E-state index >= 15 is 0 Å². The van der Waals surface area contributed by atoms with Gasteiger partial charge in [0, 0.05) is 15.8 Å². The van der Waals surface area contributed by atoms with E-state index in [4.69, 9.17) is 4.74 Å². The first-order valence-electron chi connectivity index (χ1n) is 7.42. The van der Waals surface area contributed by atoms with Gasteiger partial charge in [-0.3, -0.25) is 4.79 Å². The van der Waals surface area contributed by atoms with Crippen molar-refractivity contribution in [1.29, 1.82) is 0 Å². The van der Waals surface area contributed by atoms with Crippen LogP contribution in [0.4, 0.5) is 0 Å². The maximum Gasteiger partial charge on any atom is 0.341 e. The third-order valence-corrected chi connectivity index (χ3v) is 3.91. The first kappa shape index (κ1) is 17.3. The van der Waals surface area contributed by atoms with Crippen LogP contribution in [0, 0.1) is 5.92 Å². The fraction of sp³-hybridized carbons (Fsp3) is 0.278. The number of halogens is 1. The maximum absolute atomic E-state index is 12.3. The number of carbonyl (C=O) groups is 2. The second-order valence-electron chi connectivity index (χ2n) is 5.35. The summed E-state index contributed by atoms with van der Waals surface area (Å²) < 4.78 is 5.85. The molecule has 0 unspecified atom stereocenters. The van der Waals surface area contributed by atoms with Gasteiger partial charge in [-0.1, -0.05) is 32.0 Å². The molecule has 5 heteroatoms. The number of Topliss-reactive ketones (excluding diaryl/α,β-unsaturated/α-hetero) is 1. The average Bonchev–Trinajstić information content (AvgIpc) is 2.52. The molecular formula is C18H18BrNO3. The predicted molar refractivity (Wildman–Crippen MR) is 93.9 cm³/mol. The lowest BCUT2D eigenvalue weighted by molar-refractivity contribution is -0.140. The smallest absolute Gasteiger partial charge is 0.341 e. The quantitative estimate of drug-likeness (QED) is 0.340. The lowest BCUT2D eigenvalue weighted by Crippen LogP contribution is -2.20. The number of para-hydroxylation sites is 1. The Kier molecular flexibility index (Phi) is 5.66. The first-order valence-corrected chi connectivity index (χ1v) is 8.21. The average molecular weight is 376 g/mol. The zero-order valence-electron chi connectivity index (χ0n) is 13.3. The summed E-state index contributed by atoms with van der Waals surface area (Å²) in [5, 5.41) is 0.976. The molecule has 0 spiro atoms. The molecule has 0 amide bonds. The van der Waals surface area contributed by atoms with Gasteiger partial charge in [-0.05, 0) is 41.1 Å². The van der Waals surface area contributed by atoms with E-state index in [1.807, 2.05) is 24.3 Å². The molecule has 120 valence electrons. The van der Waals surface area contributed by atoms with Crippen LogP contribution in [-0.4, -0.2) is 23.3 Å². The predicted octanol–water partition coefficient (Wildman–Crippen LogP) is 4.17. The van der Waals surface area contributed by atoms with E-state index < -0.39 is 5.97 Å². The van der Waals surface area contributed by atoms with Gasteiger partial charge in [-0.25, -0.2) is 9.78 Å². The van der Waals surface area contributed by atoms with Crippen LogP contribution in [-0.2, 0) is 14.3 Å². The molecule has 0 bridgehead atoms. The summed E-state index contributed by atoms with van der Waals surface area (Å²) in [6, 6.07) is 9.46. The number of rotatable bonds is 5. The Labute approximate surface area is 143 Å². The van der Waals surface area contributed by atoms with Crippen LogP contribution in [0.5, 0.6) is 0 Å². The minimum Gasteiger partial charge on any atom is -0.462 e. The summed E-state index contributed by atoms with van der Waals surface area (Å²) in [5.74, 6) is -1.16. The molecule has 0 aliphatic heterocycles. The summed E-state index contributed by atoms with van der Waals surface area (Å²) in [4.78, 5) is 28.9. The van der Waals surface area contributed by atoms with Crippen molar-refractivity contribution in [2.24, 2.45) is 5.92 Å². The SMILES string of the molecule is CCOC(=O)/C(=C\c1ccc2cccc(Br)c2n1)C(=O)C(C)C. The number of hydrogen-bond acceptors (Lipinski definition) is 4. The van der Waals surface area contributed by atoms with Crippen molar-refractivity contribution in [3.63, 3.8) is 0 Å². The number of fused-ring (bicyclic) bond motifs is 1. The molecule has 0 aliphatic carbocycles. The Bertz CT molecular complexity index is 781. The van der Waals surface area contributed by atoms with Crippen molar-refractivity contribution in [3.8, 4) is 0 Å². The molecule has 1 heterocycles. The minimum atomic E-state index is -0.611. The van der Waals surface area contributed by atoms with E-state index in [1.165, 1.54) is 6.08 Å². The highest BCUT2D eigenvalue weighted by molar-refractivity contribution is 9.10. The third-order valence-electron chi connectivity index (χ3n) is 3.27. The maximum atomic E-state index is 12.3. The number of ether oxygens (including phenoxy) is 1. The van der Waals surface area contributed by atoms with Crippen LogP contribution in [0.15, 0.2) is 40.4 Å². The zero-order chi connectivity index (χ0) is 17.0. The molecule has 0 radical (unpaired) electrons. The van der Waals surface area contributed by atoms with Crippen molar-refractivity contribution in [2.75, 3.05) is 6.61 Å². The van der Waals surface area contributed by atoms with Crippen LogP contribution in [0.25, 0.3) is 17.0 Å². The number of carbonyl (C=O) groups excluding carboxylic acids is 2. The topological polar surface area (TPSA) is 56.3 Å². The highest BCUT2D eigenvalue weighted by Gasteiger charge is 2.22. The monoisotopic (exact) mass is 375 g/mol. The summed E-state index contributed by atoms with van der Waals surface area (Å²) >= 11 is 3.46. The molecule has 4 nitrogen and oxygen atoms in total. The summed E-state index contributed by atoms with van der Waals surface area (Å²) in [5.41, 5.74) is 1.35. The molecule has 0 saturated carbocycles. The van der Waals surface area contributed by atoms with Crippen molar-refractivity contribution < 1.29 is 14.3 Å². The largest absolute Gasteiger partial charge is 0.462 e. The highest BCUT2D eigenvalue weighted by atomic mass is 79.9. The minimum absolute atomic E-state index is 0.0285. The van der Waals surface area contributed by atoms with Crippen LogP contribution in [0.2, 0.25) is 0 Å². The zero-order valence-corrected chi connectivity index (χ0v) is 14.9. The van der Waals surface area contributed by atoms with Crippen LogP contribution in [0.3, 0.4) is 0 Å². The summed E-state index contributed by atoms with van der Waals surface area (Å²) in [6.07, 6.45) is 1.50. The molecule has 2 rings (SSSR count). The number of nitrogens with zero attached hydrogens (tertiary/aromatic N) is 1. The molecule has 23 heavy (non-hydrogen) atoms. The standard InChI is InChI=1S/C18H18BrNO3/c1-4-23-18(22)14(17(21)11(2)3)10-13-9-8-12-6-5-7-15(19)16(12)20-13/h5-11H,4H2,1-3H3/b14-10-. The van der Waals surface area contributed by atoms with Crippen molar-refractivity contribution in [1.82, 2.24) is 4.98 Å². The second-order valence-corrected chi connectivity index (χ2v) is 6.20. The van der Waals surface area contributed by atoms with Gasteiger partial charge in [-0.2, -0.15) is 0 Å². The second kappa shape index (κ2) is 7.51. The number of ketones is 1. The van der Waals surface area contributed by atoms with Gasteiger partial charge in [0.2, 0.25) is 0 Å². The fourth-order valence-electron chi connectivity index (χ4n) is 2.10. The molecule has 0 atom stereocenters. The van der Waals surface area contributed by atoms with Crippen molar-refractivity contribution in [2.45, 2.75) is 20.8 Å². The highest BCUT2D eigenvalue weighted by Crippen LogP contribution is 2.23. The van der Waals surface area contributed by atoms with E-state index in [2.05, 4.69) is 20.9 Å². The number of aromatic nitrogens is 1. The Morgan fingerprint density at radius 2 is 2.00 bits per heavy atom. The van der Waals surface area contributed by atoms with Gasteiger partial charge in [0.05, 0.1) is 17.8 Å². The van der Waals surface area contributed by atoms with Crippen molar-refractivity contribution >= 4 is 44.7 Å². The van der Waals surface area contributed by atoms with Gasteiger partial charge in [0.15, 0.2) is 5.78 Å². The number of hydrogen-bond donors (Lipinski definition) is 0. The van der Waals surface area contributed by atoms with E-state index in [1.54, 1.807) is 26.8 Å². The van der Waals surface area contributed by atoms with Crippen LogP contribution >= 0.6 is 15.9 Å². The van der Waals surface area contributed by atoms with E-state index in [-0.39, 0.29) is 23.9 Å². The first-order chi connectivity index (χ1) is 10.9. The molecule has 0 fully saturated rings. The third kappa shape index (κ3) is 4.05. The lowest BCUT2D eigenvalue weighted by atomic mass is 10.00. The Morgan fingerprint density at radius 1 is 1.26 bits per heavy atom. The van der Waals surface area contributed by atoms with Crippen LogP contribution < -0.4 is 0 Å². The van der Waals surface area contributed by atoms with Gasteiger partial charge in [0.1, 0.15) is 5.57 Å². The summed E-state index contributed by atoms with van der Waals surface area (Å²) in [7, 11) is 0. The molecular weight excluding hydrogens is 358 g/mol. The molecule has 1 aromatic heterocycles.